The number of likely N-dealkylation sites (tertiary alicyclic amines) is 1. The number of hydrogen-bond donors (Lipinski definition) is 1. The van der Waals surface area contributed by atoms with Crippen LogP contribution < -0.4 is 4.90 Å². The normalized spacial score (nSPS) is 23.8. The fraction of sp³-hybridized carbons (Fsp3) is 0.714. The summed E-state index contributed by atoms with van der Waals surface area (Å²) in [6.45, 7) is 2.33. The number of anilines is 1. The first-order valence-electron chi connectivity index (χ1n) is 10.2. The Kier molecular flexibility index (Phi) is 6.71. The molecule has 3 rings (SSSR count). The van der Waals surface area contributed by atoms with E-state index < -0.39 is 0 Å². The molecule has 0 bridgehead atoms. The largest absolute Gasteiger partial charge is 0.396 e. The number of carbonyl (C=O) groups excluding carboxylic acids is 1. The Morgan fingerprint density at radius 1 is 1.19 bits per heavy atom. The van der Waals surface area contributed by atoms with Crippen molar-refractivity contribution in [3.8, 4) is 0 Å². The average molecular weight is 375 g/mol. The molecule has 1 aromatic rings. The van der Waals surface area contributed by atoms with Crippen molar-refractivity contribution in [3.63, 3.8) is 0 Å². The molecule has 6 nitrogen and oxygen atoms in total. The maximum atomic E-state index is 13.3. The van der Waals surface area contributed by atoms with Gasteiger partial charge in [-0.3, -0.25) is 4.79 Å². The molecule has 0 unspecified atom stereocenters. The van der Waals surface area contributed by atoms with Crippen LogP contribution in [0.3, 0.4) is 0 Å². The third-order valence-electron chi connectivity index (χ3n) is 6.17. The Balaban J connectivity index is 1.77. The second-order valence-electron chi connectivity index (χ2n) is 8.45. The molecule has 27 heavy (non-hydrogen) atoms. The van der Waals surface area contributed by atoms with Gasteiger partial charge in [0.25, 0.3) is 5.91 Å². The highest BCUT2D eigenvalue weighted by atomic mass is 16.3. The first kappa shape index (κ1) is 20.1. The van der Waals surface area contributed by atoms with E-state index in [9.17, 15) is 9.90 Å². The van der Waals surface area contributed by atoms with E-state index in [0.717, 1.165) is 12.4 Å². The average Bonchev–Trinajstić information content (AvgIpc) is 3.09. The van der Waals surface area contributed by atoms with Gasteiger partial charge in [-0.2, -0.15) is 0 Å². The van der Waals surface area contributed by atoms with Crippen LogP contribution >= 0.6 is 0 Å². The highest BCUT2D eigenvalue weighted by molar-refractivity contribution is 5.99. The van der Waals surface area contributed by atoms with E-state index in [0.29, 0.717) is 30.6 Å². The standard InChI is InChI=1S/C21H34N4O2/c1-23(2)12-16-13-25(14-17(16)15-26)21(27)19-10-7-11-22-20(19)24(3)18-8-5-4-6-9-18/h7,10-11,16-18,26H,4-6,8-9,12-15H2,1-3H3/t16-,17-/m1/s1. The van der Waals surface area contributed by atoms with Crippen LogP contribution in [0.1, 0.15) is 42.5 Å². The van der Waals surface area contributed by atoms with Crippen molar-refractivity contribution in [2.24, 2.45) is 11.8 Å². The molecule has 1 saturated carbocycles. The van der Waals surface area contributed by atoms with Crippen LogP contribution in [0.4, 0.5) is 5.82 Å². The van der Waals surface area contributed by atoms with Crippen molar-refractivity contribution in [1.82, 2.24) is 14.8 Å². The van der Waals surface area contributed by atoms with E-state index in [-0.39, 0.29) is 18.4 Å². The fourth-order valence-electron chi connectivity index (χ4n) is 4.64. The van der Waals surface area contributed by atoms with Crippen LogP contribution in [0, 0.1) is 11.8 Å². The Hall–Kier alpha value is -1.66. The van der Waals surface area contributed by atoms with Gasteiger partial charge < -0.3 is 19.8 Å². The predicted octanol–water partition coefficient (Wildman–Crippen LogP) is 2.09. The summed E-state index contributed by atoms with van der Waals surface area (Å²) in [5, 5.41) is 9.76. The molecule has 1 aliphatic carbocycles. The van der Waals surface area contributed by atoms with Gasteiger partial charge in [0.15, 0.2) is 0 Å². The van der Waals surface area contributed by atoms with Crippen molar-refractivity contribution in [2.45, 2.75) is 38.1 Å². The summed E-state index contributed by atoms with van der Waals surface area (Å²) in [5.41, 5.74) is 0.688. The van der Waals surface area contributed by atoms with Crippen LogP contribution in [0.25, 0.3) is 0 Å². The van der Waals surface area contributed by atoms with Crippen molar-refractivity contribution in [1.29, 1.82) is 0 Å². The number of carbonyl (C=O) groups is 1. The minimum absolute atomic E-state index is 0.0421. The molecule has 6 heteroatoms. The molecule has 0 radical (unpaired) electrons. The zero-order valence-electron chi connectivity index (χ0n) is 17.0. The quantitative estimate of drug-likeness (QED) is 0.826. The third kappa shape index (κ3) is 4.61. The molecule has 1 saturated heterocycles. The molecule has 2 aliphatic rings. The maximum Gasteiger partial charge on any atom is 0.257 e. The van der Waals surface area contributed by atoms with E-state index >= 15 is 0 Å². The van der Waals surface area contributed by atoms with Crippen molar-refractivity contribution < 1.29 is 9.90 Å². The lowest BCUT2D eigenvalue weighted by atomic mass is 9.94. The van der Waals surface area contributed by atoms with Gasteiger partial charge >= 0.3 is 0 Å². The molecule has 0 aromatic carbocycles. The highest BCUT2D eigenvalue weighted by Gasteiger charge is 2.36. The first-order chi connectivity index (χ1) is 13.0. The van der Waals surface area contributed by atoms with Gasteiger partial charge in [0, 0.05) is 51.4 Å². The monoisotopic (exact) mass is 374 g/mol. The summed E-state index contributed by atoms with van der Waals surface area (Å²) < 4.78 is 0. The minimum Gasteiger partial charge on any atom is -0.396 e. The molecule has 150 valence electrons. The van der Waals surface area contributed by atoms with Crippen molar-refractivity contribution in [3.05, 3.63) is 23.9 Å². The second-order valence-corrected chi connectivity index (χ2v) is 8.45. The van der Waals surface area contributed by atoms with Gasteiger partial charge in [-0.25, -0.2) is 4.98 Å². The molecule has 1 aliphatic heterocycles. The summed E-state index contributed by atoms with van der Waals surface area (Å²) in [4.78, 5) is 24.1. The molecule has 1 aromatic heterocycles. The molecule has 2 atom stereocenters. The van der Waals surface area contributed by atoms with Gasteiger partial charge in [0.1, 0.15) is 5.82 Å². The number of nitrogens with zero attached hydrogens (tertiary/aromatic N) is 4. The van der Waals surface area contributed by atoms with Crippen molar-refractivity contribution in [2.75, 3.05) is 52.3 Å². The van der Waals surface area contributed by atoms with E-state index in [1.165, 1.54) is 32.1 Å². The van der Waals surface area contributed by atoms with E-state index in [1.807, 2.05) is 31.1 Å². The lowest BCUT2D eigenvalue weighted by Gasteiger charge is -2.33. The topological polar surface area (TPSA) is 59.9 Å². The Bertz CT molecular complexity index is 630. The lowest BCUT2D eigenvalue weighted by molar-refractivity contribution is 0.0779. The van der Waals surface area contributed by atoms with E-state index in [2.05, 4.69) is 21.8 Å². The Morgan fingerprint density at radius 2 is 1.89 bits per heavy atom. The SMILES string of the molecule is CN(C)C[C@@H]1CN(C(=O)c2cccnc2N(C)C2CCCCC2)C[C@@H]1CO. The Morgan fingerprint density at radius 3 is 2.56 bits per heavy atom. The van der Waals surface area contributed by atoms with Gasteiger partial charge in [0.05, 0.1) is 5.56 Å². The summed E-state index contributed by atoms with van der Waals surface area (Å²) in [6.07, 6.45) is 7.93. The highest BCUT2D eigenvalue weighted by Crippen LogP contribution is 2.30. The minimum atomic E-state index is 0.0421. The number of amides is 1. The van der Waals surface area contributed by atoms with Crippen LogP contribution in [0.2, 0.25) is 0 Å². The first-order valence-corrected chi connectivity index (χ1v) is 10.2. The fourth-order valence-corrected chi connectivity index (χ4v) is 4.64. The van der Waals surface area contributed by atoms with Gasteiger partial charge in [-0.1, -0.05) is 19.3 Å². The van der Waals surface area contributed by atoms with E-state index in [1.54, 1.807) is 6.20 Å². The molecule has 2 fully saturated rings. The number of rotatable bonds is 6. The number of aliphatic hydroxyl groups excluding tert-OH is 1. The van der Waals surface area contributed by atoms with E-state index in [4.69, 9.17) is 0 Å². The van der Waals surface area contributed by atoms with Gasteiger partial charge in [0.2, 0.25) is 0 Å². The van der Waals surface area contributed by atoms with Gasteiger partial charge in [-0.15, -0.1) is 0 Å². The maximum absolute atomic E-state index is 13.3. The zero-order chi connectivity index (χ0) is 19.4. The molecular formula is C21H34N4O2. The lowest BCUT2D eigenvalue weighted by Crippen LogP contribution is -2.37. The number of aromatic nitrogens is 1. The summed E-state index contributed by atoms with van der Waals surface area (Å²) in [7, 11) is 6.15. The summed E-state index contributed by atoms with van der Waals surface area (Å²) in [5.74, 6) is 1.30. The number of hydrogen-bond acceptors (Lipinski definition) is 5. The Labute approximate surface area is 163 Å². The molecular weight excluding hydrogens is 340 g/mol. The van der Waals surface area contributed by atoms with Crippen molar-refractivity contribution >= 4 is 11.7 Å². The molecule has 2 heterocycles. The number of aliphatic hydroxyl groups is 1. The van der Waals surface area contributed by atoms with Gasteiger partial charge in [-0.05, 0) is 45.0 Å². The summed E-state index contributed by atoms with van der Waals surface area (Å²) >= 11 is 0. The smallest absolute Gasteiger partial charge is 0.257 e. The van der Waals surface area contributed by atoms with Crippen LogP contribution in [0.15, 0.2) is 18.3 Å². The molecule has 1 amide bonds. The predicted molar refractivity (Wildman–Crippen MR) is 108 cm³/mol. The van der Waals surface area contributed by atoms with Crippen LogP contribution in [-0.2, 0) is 0 Å². The number of pyridine rings is 1. The van der Waals surface area contributed by atoms with Crippen LogP contribution in [-0.4, -0.2) is 79.2 Å². The molecule has 0 spiro atoms. The third-order valence-corrected chi connectivity index (χ3v) is 6.17. The zero-order valence-corrected chi connectivity index (χ0v) is 17.0. The second kappa shape index (κ2) is 9.02. The molecule has 1 N–H and O–H groups in total. The summed E-state index contributed by atoms with van der Waals surface area (Å²) in [6, 6.07) is 4.21. The van der Waals surface area contributed by atoms with Crippen LogP contribution in [0.5, 0.6) is 0 Å².